The Balaban J connectivity index is 1.48. The van der Waals surface area contributed by atoms with Crippen molar-refractivity contribution in [3.8, 4) is 16.9 Å². The maximum atomic E-state index is 13.9. The van der Waals surface area contributed by atoms with E-state index < -0.39 is 5.82 Å². The van der Waals surface area contributed by atoms with Crippen molar-refractivity contribution in [2.45, 2.75) is 12.5 Å². The third-order valence-corrected chi connectivity index (χ3v) is 6.09. The van der Waals surface area contributed by atoms with Crippen molar-refractivity contribution >= 4 is 34.1 Å². The molecule has 188 valence electrons. The molecule has 3 N–H and O–H groups in total. The molecule has 10 heteroatoms. The van der Waals surface area contributed by atoms with Gasteiger partial charge >= 0.3 is 0 Å². The fraction of sp³-hybridized carbons (Fsp3) is 0.185. The lowest BCUT2D eigenvalue weighted by Crippen LogP contribution is -2.22. The minimum Gasteiger partial charge on any atom is -0.487 e. The van der Waals surface area contributed by atoms with Crippen LogP contribution in [0.5, 0.6) is 5.75 Å². The minimum atomic E-state index is -0.398. The number of anilines is 3. The first kappa shape index (κ1) is 24.1. The van der Waals surface area contributed by atoms with E-state index in [0.717, 1.165) is 19.5 Å². The number of carbonyl (C=O) groups is 1. The highest BCUT2D eigenvalue weighted by molar-refractivity contribution is 6.00. The van der Waals surface area contributed by atoms with Crippen LogP contribution >= 0.6 is 0 Å². The van der Waals surface area contributed by atoms with E-state index in [2.05, 4.69) is 37.1 Å². The predicted molar refractivity (Wildman–Crippen MR) is 141 cm³/mol. The summed E-state index contributed by atoms with van der Waals surface area (Å²) in [5, 5.41) is 6.18. The number of likely N-dealkylation sites (tertiary alicyclic amines) is 1. The number of likely N-dealkylation sites (N-methyl/N-ethyl adjacent to an activating group) is 1. The van der Waals surface area contributed by atoms with E-state index in [1.54, 1.807) is 30.3 Å². The first-order valence-electron chi connectivity index (χ1n) is 11.7. The number of nitrogens with zero attached hydrogens (tertiary/aromatic N) is 3. The molecule has 1 aliphatic heterocycles. The van der Waals surface area contributed by atoms with Gasteiger partial charge in [0.2, 0.25) is 11.9 Å². The molecule has 1 saturated heterocycles. The highest BCUT2D eigenvalue weighted by Gasteiger charge is 2.22. The van der Waals surface area contributed by atoms with Crippen molar-refractivity contribution < 1.29 is 13.9 Å². The van der Waals surface area contributed by atoms with Gasteiger partial charge in [0.25, 0.3) is 5.56 Å². The molecule has 3 heterocycles. The van der Waals surface area contributed by atoms with Crippen LogP contribution in [-0.4, -0.2) is 52.0 Å². The third-order valence-electron chi connectivity index (χ3n) is 6.09. The zero-order chi connectivity index (χ0) is 25.9. The molecule has 1 atom stereocenters. The van der Waals surface area contributed by atoms with E-state index in [4.69, 9.17) is 4.74 Å². The fourth-order valence-electron chi connectivity index (χ4n) is 4.26. The van der Waals surface area contributed by atoms with Crippen molar-refractivity contribution in [1.82, 2.24) is 19.9 Å². The van der Waals surface area contributed by atoms with E-state index >= 15 is 0 Å². The van der Waals surface area contributed by atoms with Gasteiger partial charge in [-0.15, -0.1) is 0 Å². The van der Waals surface area contributed by atoms with Crippen LogP contribution < -0.4 is 20.9 Å². The lowest BCUT2D eigenvalue weighted by Gasteiger charge is -2.18. The first-order valence-corrected chi connectivity index (χ1v) is 11.7. The Bertz CT molecular complexity index is 1550. The number of H-pyrrole nitrogens is 1. The molecule has 0 bridgehead atoms. The Hall–Kier alpha value is -4.57. The topological polar surface area (TPSA) is 112 Å². The molecule has 0 saturated carbocycles. The molecule has 2 aromatic carbocycles. The fourth-order valence-corrected chi connectivity index (χ4v) is 4.26. The molecule has 5 rings (SSSR count). The number of rotatable bonds is 7. The SMILES string of the molecule is C=CC(=O)Nc1cc(Nc2ncc3c(=O)[nH]cc(-c4cccc(F)c4)c3n2)ccc1OC1CCN(C)C1. The zero-order valence-corrected chi connectivity index (χ0v) is 20.1. The Kier molecular flexibility index (Phi) is 6.65. The largest absolute Gasteiger partial charge is 0.487 e. The molecular formula is C27H25FN6O3. The average Bonchev–Trinajstić information content (AvgIpc) is 3.30. The van der Waals surface area contributed by atoms with Crippen LogP contribution in [0.25, 0.3) is 22.0 Å². The maximum Gasteiger partial charge on any atom is 0.259 e. The van der Waals surface area contributed by atoms with Gasteiger partial charge in [-0.2, -0.15) is 0 Å². The summed E-state index contributed by atoms with van der Waals surface area (Å²) in [6, 6.07) is 11.3. The monoisotopic (exact) mass is 500 g/mol. The number of amides is 1. The molecule has 9 nitrogen and oxygen atoms in total. The first-order chi connectivity index (χ1) is 17.9. The van der Waals surface area contributed by atoms with Gasteiger partial charge in [-0.25, -0.2) is 14.4 Å². The number of benzene rings is 2. The van der Waals surface area contributed by atoms with Crippen molar-refractivity contribution in [3.63, 3.8) is 0 Å². The summed E-state index contributed by atoms with van der Waals surface area (Å²) in [7, 11) is 2.04. The summed E-state index contributed by atoms with van der Waals surface area (Å²) in [6.45, 7) is 5.26. The smallest absolute Gasteiger partial charge is 0.259 e. The Morgan fingerprint density at radius 1 is 1.30 bits per heavy atom. The summed E-state index contributed by atoms with van der Waals surface area (Å²) in [5.41, 5.74) is 2.21. The van der Waals surface area contributed by atoms with E-state index in [-0.39, 0.29) is 28.9 Å². The second kappa shape index (κ2) is 10.2. The average molecular weight is 501 g/mol. The predicted octanol–water partition coefficient (Wildman–Crippen LogP) is 4.08. The molecule has 0 radical (unpaired) electrons. The van der Waals surface area contributed by atoms with Crippen LogP contribution in [0.15, 0.2) is 72.3 Å². The molecule has 2 aromatic heterocycles. The molecule has 37 heavy (non-hydrogen) atoms. The number of ether oxygens (including phenoxy) is 1. The summed E-state index contributed by atoms with van der Waals surface area (Å²) >= 11 is 0. The van der Waals surface area contributed by atoms with Crippen LogP contribution in [0.4, 0.5) is 21.7 Å². The molecule has 1 aliphatic rings. The second-order valence-electron chi connectivity index (χ2n) is 8.82. The molecule has 4 aromatic rings. The number of carbonyl (C=O) groups excluding carboxylic acids is 1. The van der Waals surface area contributed by atoms with Crippen LogP contribution in [0.2, 0.25) is 0 Å². The number of aromatic nitrogens is 3. The standard InChI is InChI=1S/C27H25FN6O3/c1-3-24(35)32-22-12-18(7-8-23(22)37-19-9-10-34(2)15-19)31-27-30-14-21-25(33-27)20(13-29-26(21)36)16-5-4-6-17(28)11-16/h3-8,11-14,19H,1,9-10,15H2,2H3,(H,29,36)(H,32,35)(H,30,31,33). The van der Waals surface area contributed by atoms with E-state index in [1.165, 1.54) is 30.6 Å². The molecule has 0 spiro atoms. The maximum absolute atomic E-state index is 13.9. The number of nitrogens with one attached hydrogen (secondary N) is 3. The van der Waals surface area contributed by atoms with Crippen molar-refractivity contribution in [1.29, 1.82) is 0 Å². The zero-order valence-electron chi connectivity index (χ0n) is 20.1. The Labute approximate surface area is 212 Å². The number of hydrogen-bond acceptors (Lipinski definition) is 7. The Morgan fingerprint density at radius 2 is 2.16 bits per heavy atom. The molecular weight excluding hydrogens is 475 g/mol. The molecule has 0 aliphatic carbocycles. The molecule has 1 fully saturated rings. The summed E-state index contributed by atoms with van der Waals surface area (Å²) in [6.07, 6.45) is 5.02. The van der Waals surface area contributed by atoms with E-state index in [0.29, 0.717) is 33.8 Å². The van der Waals surface area contributed by atoms with E-state index in [9.17, 15) is 14.0 Å². The van der Waals surface area contributed by atoms with Gasteiger partial charge in [0.05, 0.1) is 16.6 Å². The van der Waals surface area contributed by atoms with Gasteiger partial charge in [-0.1, -0.05) is 18.7 Å². The highest BCUT2D eigenvalue weighted by atomic mass is 19.1. The number of aromatic amines is 1. The quantitative estimate of drug-likeness (QED) is 0.328. The number of pyridine rings is 1. The second-order valence-corrected chi connectivity index (χ2v) is 8.82. The van der Waals surface area contributed by atoms with Gasteiger partial charge in [-0.3, -0.25) is 9.59 Å². The number of hydrogen-bond donors (Lipinski definition) is 3. The van der Waals surface area contributed by atoms with Crippen molar-refractivity contribution in [2.75, 3.05) is 30.8 Å². The van der Waals surface area contributed by atoms with Gasteiger partial charge < -0.3 is 25.3 Å². The van der Waals surface area contributed by atoms with Gasteiger partial charge in [-0.05, 0) is 55.4 Å². The van der Waals surface area contributed by atoms with Crippen LogP contribution in [-0.2, 0) is 4.79 Å². The van der Waals surface area contributed by atoms with Crippen LogP contribution in [0, 0.1) is 5.82 Å². The molecule has 1 unspecified atom stereocenters. The van der Waals surface area contributed by atoms with Gasteiger partial charge in [0, 0.05) is 36.7 Å². The van der Waals surface area contributed by atoms with Crippen molar-refractivity contribution in [2.24, 2.45) is 0 Å². The lowest BCUT2D eigenvalue weighted by molar-refractivity contribution is -0.111. The highest BCUT2D eigenvalue weighted by Crippen LogP contribution is 2.32. The van der Waals surface area contributed by atoms with Gasteiger partial charge in [0.15, 0.2) is 0 Å². The van der Waals surface area contributed by atoms with Crippen LogP contribution in [0.3, 0.4) is 0 Å². The Morgan fingerprint density at radius 3 is 2.92 bits per heavy atom. The molecule has 1 amide bonds. The van der Waals surface area contributed by atoms with Crippen LogP contribution in [0.1, 0.15) is 6.42 Å². The van der Waals surface area contributed by atoms with E-state index in [1.807, 2.05) is 7.05 Å². The lowest BCUT2D eigenvalue weighted by atomic mass is 10.1. The van der Waals surface area contributed by atoms with Crippen molar-refractivity contribution in [3.05, 3.63) is 83.7 Å². The minimum absolute atomic E-state index is 0.0198. The third kappa shape index (κ3) is 5.34. The normalized spacial score (nSPS) is 15.5. The number of halogens is 1. The van der Waals surface area contributed by atoms with Gasteiger partial charge in [0.1, 0.15) is 17.7 Å². The summed E-state index contributed by atoms with van der Waals surface area (Å²) < 4.78 is 20.0. The number of fused-ring (bicyclic) bond motifs is 1. The summed E-state index contributed by atoms with van der Waals surface area (Å²) in [4.78, 5) is 38.1. The summed E-state index contributed by atoms with van der Waals surface area (Å²) in [5.74, 6) is -0.000362.